The van der Waals surface area contributed by atoms with Gasteiger partial charge in [0.1, 0.15) is 0 Å². The Bertz CT molecular complexity index is 546. The molecule has 9 heteroatoms. The standard InChI is InChI=1S/C12H14N2O5S.Na/c1-5(15)9-6-4-7(20-3-2-8(13)16)10(12(18)19)14(6)11(9)17;/h2-3,5-6,9,15H,4H2,1H3,(H2,13,16)(H,18,19);/q;+1/p-1/b3-2+;. The third kappa shape index (κ3) is 3.35. The normalized spacial score (nSPS) is 25.4. The average molecular weight is 320 g/mol. The summed E-state index contributed by atoms with van der Waals surface area (Å²) in [6.45, 7) is 1.50. The van der Waals surface area contributed by atoms with E-state index in [1.54, 1.807) is 0 Å². The SMILES string of the molecule is CC(O)C1C(=O)N2C(C(=O)[O-])=C(S/C=C/C(N)=O)CC12.[Na+]. The number of carbonyl (C=O) groups excluding carboxylic acids is 3. The van der Waals surface area contributed by atoms with Crippen molar-refractivity contribution < 1.29 is 54.2 Å². The van der Waals surface area contributed by atoms with Crippen molar-refractivity contribution in [2.45, 2.75) is 25.5 Å². The summed E-state index contributed by atoms with van der Waals surface area (Å²) in [5.41, 5.74) is 4.76. The Morgan fingerprint density at radius 1 is 1.57 bits per heavy atom. The summed E-state index contributed by atoms with van der Waals surface area (Å²) in [5.74, 6) is -3.10. The van der Waals surface area contributed by atoms with Gasteiger partial charge in [-0.3, -0.25) is 9.59 Å². The molecule has 2 aliphatic heterocycles. The average Bonchev–Trinajstić information content (AvgIpc) is 2.63. The number of nitrogens with two attached hydrogens (primary N) is 1. The van der Waals surface area contributed by atoms with Crippen LogP contribution in [0.25, 0.3) is 0 Å². The van der Waals surface area contributed by atoms with Gasteiger partial charge in [0.15, 0.2) is 0 Å². The van der Waals surface area contributed by atoms with E-state index in [1.165, 1.54) is 12.3 Å². The van der Waals surface area contributed by atoms with Crippen LogP contribution < -0.4 is 40.4 Å². The Morgan fingerprint density at radius 2 is 2.19 bits per heavy atom. The molecule has 1 fully saturated rings. The molecule has 7 nitrogen and oxygen atoms in total. The van der Waals surface area contributed by atoms with Gasteiger partial charge in [0.25, 0.3) is 0 Å². The van der Waals surface area contributed by atoms with E-state index in [-0.39, 0.29) is 41.3 Å². The van der Waals surface area contributed by atoms with Crippen molar-refractivity contribution in [3.05, 3.63) is 22.1 Å². The number of rotatable bonds is 5. The zero-order valence-electron chi connectivity index (χ0n) is 11.6. The third-order valence-electron chi connectivity index (χ3n) is 3.32. The number of amides is 2. The minimum atomic E-state index is -1.44. The van der Waals surface area contributed by atoms with Crippen molar-refractivity contribution in [3.8, 4) is 0 Å². The monoisotopic (exact) mass is 320 g/mol. The summed E-state index contributed by atoms with van der Waals surface area (Å²) < 4.78 is 0. The summed E-state index contributed by atoms with van der Waals surface area (Å²) >= 11 is 1.01. The predicted molar refractivity (Wildman–Crippen MR) is 68.4 cm³/mol. The van der Waals surface area contributed by atoms with E-state index in [4.69, 9.17) is 5.73 Å². The molecule has 108 valence electrons. The Labute approximate surface area is 147 Å². The smallest absolute Gasteiger partial charge is 0.543 e. The molecule has 3 N–H and O–H groups in total. The Balaban J connectivity index is 0.00000220. The first kappa shape index (κ1) is 18.2. The minimum Gasteiger partial charge on any atom is -0.543 e. The van der Waals surface area contributed by atoms with Crippen LogP contribution in [0.15, 0.2) is 22.1 Å². The van der Waals surface area contributed by atoms with E-state index in [9.17, 15) is 24.6 Å². The molecule has 0 aliphatic carbocycles. The summed E-state index contributed by atoms with van der Waals surface area (Å²) in [4.78, 5) is 35.2. The molecule has 2 aliphatic rings. The molecule has 0 spiro atoms. The van der Waals surface area contributed by atoms with Crippen LogP contribution in [0.2, 0.25) is 0 Å². The van der Waals surface area contributed by atoms with Crippen molar-refractivity contribution in [2.75, 3.05) is 0 Å². The largest absolute Gasteiger partial charge is 1.00 e. The van der Waals surface area contributed by atoms with Gasteiger partial charge in [0.05, 0.1) is 29.7 Å². The second-order valence-electron chi connectivity index (χ2n) is 4.63. The topological polar surface area (TPSA) is 124 Å². The minimum absolute atomic E-state index is 0. The molecular formula is C12H13N2NaO5S. The third-order valence-corrected chi connectivity index (χ3v) is 4.24. The Kier molecular flexibility index (Phi) is 6.06. The molecule has 0 radical (unpaired) electrons. The van der Waals surface area contributed by atoms with Gasteiger partial charge in [-0.05, 0) is 12.3 Å². The van der Waals surface area contributed by atoms with E-state index >= 15 is 0 Å². The number of carbonyl (C=O) groups is 3. The summed E-state index contributed by atoms with van der Waals surface area (Å²) in [5, 5.41) is 22.1. The first-order valence-corrected chi connectivity index (χ1v) is 6.80. The van der Waals surface area contributed by atoms with Gasteiger partial charge in [0, 0.05) is 17.4 Å². The van der Waals surface area contributed by atoms with Crippen LogP contribution in [-0.4, -0.2) is 39.9 Å². The maximum Gasteiger partial charge on any atom is 1.00 e. The number of aliphatic hydroxyl groups excluding tert-OH is 1. The van der Waals surface area contributed by atoms with Gasteiger partial charge in [-0.25, -0.2) is 0 Å². The molecule has 2 amide bonds. The van der Waals surface area contributed by atoms with E-state index in [0.29, 0.717) is 11.3 Å². The predicted octanol–water partition coefficient (Wildman–Crippen LogP) is -4.70. The van der Waals surface area contributed by atoms with Gasteiger partial charge in [-0.2, -0.15) is 0 Å². The number of aliphatic carboxylic acids is 1. The van der Waals surface area contributed by atoms with Gasteiger partial charge in [-0.1, -0.05) is 0 Å². The number of nitrogens with zero attached hydrogens (tertiary/aromatic N) is 1. The summed E-state index contributed by atoms with van der Waals surface area (Å²) in [7, 11) is 0. The molecule has 3 unspecified atom stereocenters. The van der Waals surface area contributed by atoms with E-state index in [1.807, 2.05) is 0 Å². The number of fused-ring (bicyclic) bond motifs is 1. The number of hydrogen-bond donors (Lipinski definition) is 2. The van der Waals surface area contributed by atoms with E-state index in [0.717, 1.165) is 22.7 Å². The van der Waals surface area contributed by atoms with E-state index < -0.39 is 29.8 Å². The van der Waals surface area contributed by atoms with Crippen molar-refractivity contribution in [2.24, 2.45) is 11.7 Å². The fraction of sp³-hybridized carbons (Fsp3) is 0.417. The molecule has 21 heavy (non-hydrogen) atoms. The number of thioether (sulfide) groups is 1. The summed E-state index contributed by atoms with van der Waals surface area (Å²) in [6, 6.07) is -0.361. The fourth-order valence-corrected chi connectivity index (χ4v) is 3.44. The van der Waals surface area contributed by atoms with Gasteiger partial charge in [-0.15, -0.1) is 11.8 Å². The Hall–Kier alpha value is -0.800. The molecule has 0 bridgehead atoms. The molecule has 0 aromatic carbocycles. The van der Waals surface area contributed by atoms with Crippen molar-refractivity contribution >= 4 is 29.5 Å². The zero-order valence-corrected chi connectivity index (χ0v) is 14.4. The van der Waals surface area contributed by atoms with E-state index in [2.05, 4.69) is 0 Å². The quantitative estimate of drug-likeness (QED) is 0.298. The number of β-lactam (4-membered cyclic amide) rings is 1. The molecule has 0 aromatic heterocycles. The first-order chi connectivity index (χ1) is 9.34. The maximum absolute atomic E-state index is 11.9. The first-order valence-electron chi connectivity index (χ1n) is 5.93. The molecule has 2 heterocycles. The van der Waals surface area contributed by atoms with Gasteiger partial charge < -0.3 is 25.6 Å². The number of primary amides is 1. The van der Waals surface area contributed by atoms with Crippen LogP contribution in [0.1, 0.15) is 13.3 Å². The molecule has 3 atom stereocenters. The zero-order chi connectivity index (χ0) is 15.0. The number of carboxylic acids is 1. The fourth-order valence-electron chi connectivity index (χ4n) is 2.51. The van der Waals surface area contributed by atoms with Crippen molar-refractivity contribution in [3.63, 3.8) is 0 Å². The molecule has 2 rings (SSSR count). The van der Waals surface area contributed by atoms with Crippen LogP contribution in [-0.2, 0) is 14.4 Å². The van der Waals surface area contributed by atoms with Crippen molar-refractivity contribution in [1.29, 1.82) is 0 Å². The Morgan fingerprint density at radius 3 is 2.67 bits per heavy atom. The van der Waals surface area contributed by atoms with Crippen molar-refractivity contribution in [1.82, 2.24) is 4.90 Å². The molecule has 1 saturated heterocycles. The van der Waals surface area contributed by atoms with Crippen LogP contribution in [0.3, 0.4) is 0 Å². The van der Waals surface area contributed by atoms with Crippen LogP contribution in [0, 0.1) is 5.92 Å². The van der Waals surface area contributed by atoms with Crippen LogP contribution in [0.5, 0.6) is 0 Å². The second-order valence-corrected chi connectivity index (χ2v) is 5.63. The number of hydrogen-bond acceptors (Lipinski definition) is 6. The molecule has 0 saturated carbocycles. The molecule has 0 aromatic rings. The van der Waals surface area contributed by atoms with Gasteiger partial charge in [0.2, 0.25) is 11.8 Å². The van der Waals surface area contributed by atoms with Gasteiger partial charge >= 0.3 is 29.6 Å². The number of aliphatic hydroxyl groups is 1. The number of carboxylic acid groups (broad SMARTS) is 1. The van der Waals surface area contributed by atoms with Crippen LogP contribution in [0.4, 0.5) is 0 Å². The molecular weight excluding hydrogens is 307 g/mol. The summed E-state index contributed by atoms with van der Waals surface area (Å²) in [6.07, 6.45) is 0.587. The van der Waals surface area contributed by atoms with Crippen LogP contribution >= 0.6 is 11.8 Å². The second kappa shape index (κ2) is 6.97. The maximum atomic E-state index is 11.9.